The van der Waals surface area contributed by atoms with Crippen molar-refractivity contribution < 1.29 is 22.3 Å². The number of halogens is 3. The summed E-state index contributed by atoms with van der Waals surface area (Å²) in [4.78, 5) is 0. The first-order valence-corrected chi connectivity index (χ1v) is 5.53. The number of hydrogen-bond acceptors (Lipinski definition) is 3. The zero-order valence-electron chi connectivity index (χ0n) is 7.12. The van der Waals surface area contributed by atoms with Crippen molar-refractivity contribution >= 4 is 27.3 Å². The molecule has 1 rings (SSSR count). The van der Waals surface area contributed by atoms with E-state index in [0.717, 1.165) is 12.1 Å². The molecule has 8 heteroatoms. The van der Waals surface area contributed by atoms with E-state index in [4.69, 9.17) is 16.7 Å². The number of hydrogen-bond donors (Lipinski definition) is 2. The van der Waals surface area contributed by atoms with Crippen molar-refractivity contribution in [2.24, 2.45) is 0 Å². The maximum atomic E-state index is 12.0. The second-order valence-electron chi connectivity index (χ2n) is 2.57. The van der Waals surface area contributed by atoms with Gasteiger partial charge in [0.25, 0.3) is 10.0 Å². The highest BCUT2D eigenvalue weighted by Gasteiger charge is 2.24. The lowest BCUT2D eigenvalue weighted by atomic mass is 10.3. The number of alkyl halides is 2. The van der Waals surface area contributed by atoms with Crippen molar-refractivity contribution in [3.05, 3.63) is 23.2 Å². The molecular weight excluding hydrogens is 252 g/mol. The number of benzene rings is 1. The molecule has 0 bridgehead atoms. The van der Waals surface area contributed by atoms with Crippen LogP contribution >= 0.6 is 11.6 Å². The zero-order chi connectivity index (χ0) is 11.6. The third kappa shape index (κ3) is 2.93. The molecule has 0 atom stereocenters. The highest BCUT2D eigenvalue weighted by molar-refractivity contribution is 7.93. The summed E-state index contributed by atoms with van der Waals surface area (Å²) < 4.78 is 46.9. The van der Waals surface area contributed by atoms with Crippen LogP contribution in [0.5, 0.6) is 5.75 Å². The van der Waals surface area contributed by atoms with Crippen LogP contribution in [0.1, 0.15) is 0 Å². The van der Waals surface area contributed by atoms with Crippen molar-refractivity contribution in [1.29, 1.82) is 0 Å². The molecule has 15 heavy (non-hydrogen) atoms. The Hall–Kier alpha value is -1.08. The molecule has 0 aliphatic heterocycles. The number of nitrogens with one attached hydrogen (secondary N) is 1. The van der Waals surface area contributed by atoms with Gasteiger partial charge in [0.05, 0.1) is 5.69 Å². The van der Waals surface area contributed by atoms with Gasteiger partial charge in [0.2, 0.25) is 0 Å². The summed E-state index contributed by atoms with van der Waals surface area (Å²) in [6.45, 7) is 0. The van der Waals surface area contributed by atoms with Gasteiger partial charge < -0.3 is 5.11 Å². The van der Waals surface area contributed by atoms with E-state index < -0.39 is 21.5 Å². The lowest BCUT2D eigenvalue weighted by Gasteiger charge is -2.08. The largest absolute Gasteiger partial charge is 0.506 e. The van der Waals surface area contributed by atoms with Crippen LogP contribution in [0.3, 0.4) is 0 Å². The highest BCUT2D eigenvalue weighted by atomic mass is 35.5. The molecule has 0 spiro atoms. The molecule has 1 aromatic carbocycles. The molecule has 0 heterocycles. The van der Waals surface area contributed by atoms with Gasteiger partial charge in [-0.3, -0.25) is 4.72 Å². The van der Waals surface area contributed by atoms with Gasteiger partial charge in [-0.1, -0.05) is 11.6 Å². The predicted molar refractivity (Wildman–Crippen MR) is 51.7 cm³/mol. The van der Waals surface area contributed by atoms with E-state index in [2.05, 4.69) is 0 Å². The first-order valence-electron chi connectivity index (χ1n) is 3.61. The summed E-state index contributed by atoms with van der Waals surface area (Å²) in [6.07, 6.45) is 0. The molecule has 0 aromatic heterocycles. The van der Waals surface area contributed by atoms with Gasteiger partial charge >= 0.3 is 5.76 Å². The van der Waals surface area contributed by atoms with Gasteiger partial charge in [0.15, 0.2) is 0 Å². The zero-order valence-corrected chi connectivity index (χ0v) is 8.69. The lowest BCUT2D eigenvalue weighted by molar-refractivity contribution is 0.236. The van der Waals surface area contributed by atoms with Gasteiger partial charge in [-0.25, -0.2) is 8.42 Å². The lowest BCUT2D eigenvalue weighted by Crippen LogP contribution is -2.20. The molecular formula is C7H6ClF2NO3S. The van der Waals surface area contributed by atoms with Gasteiger partial charge in [-0.2, -0.15) is 8.78 Å². The van der Waals surface area contributed by atoms with Gasteiger partial charge in [0.1, 0.15) is 5.75 Å². The minimum absolute atomic E-state index is 0.111. The maximum absolute atomic E-state index is 12.0. The summed E-state index contributed by atoms with van der Waals surface area (Å²) in [7, 11) is -4.79. The van der Waals surface area contributed by atoms with Gasteiger partial charge in [-0.15, -0.1) is 0 Å². The second-order valence-corrected chi connectivity index (χ2v) is 4.66. The van der Waals surface area contributed by atoms with Crippen molar-refractivity contribution in [3.63, 3.8) is 0 Å². The van der Waals surface area contributed by atoms with Crippen molar-refractivity contribution in [2.45, 2.75) is 5.76 Å². The van der Waals surface area contributed by atoms with Gasteiger partial charge in [-0.05, 0) is 18.2 Å². The fourth-order valence-electron chi connectivity index (χ4n) is 0.788. The molecule has 0 unspecified atom stereocenters. The monoisotopic (exact) mass is 257 g/mol. The molecule has 0 radical (unpaired) electrons. The Morgan fingerprint density at radius 2 is 2.00 bits per heavy atom. The second kappa shape index (κ2) is 4.19. The molecule has 0 saturated carbocycles. The van der Waals surface area contributed by atoms with E-state index in [1.807, 2.05) is 0 Å². The third-order valence-corrected chi connectivity index (χ3v) is 2.65. The molecule has 0 aliphatic rings. The predicted octanol–water partition coefficient (Wildman–Crippen LogP) is 2.01. The van der Waals surface area contributed by atoms with Crippen LogP contribution in [0, 0.1) is 0 Å². The molecule has 0 saturated heterocycles. The van der Waals surface area contributed by atoms with E-state index in [1.165, 1.54) is 10.8 Å². The first kappa shape index (κ1) is 12.0. The average molecular weight is 258 g/mol. The van der Waals surface area contributed by atoms with Crippen LogP contribution in [0.2, 0.25) is 5.02 Å². The Morgan fingerprint density at radius 1 is 1.40 bits per heavy atom. The Kier molecular flexibility index (Phi) is 3.35. The quantitative estimate of drug-likeness (QED) is 0.814. The number of phenolic OH excluding ortho intramolecular Hbond substituents is 1. The normalized spacial score (nSPS) is 11.7. The van der Waals surface area contributed by atoms with Gasteiger partial charge in [0, 0.05) is 5.02 Å². The Labute approximate surface area is 89.5 Å². The fourth-order valence-corrected chi connectivity index (χ4v) is 1.52. The molecule has 2 N–H and O–H groups in total. The first-order chi connectivity index (χ1) is 6.83. The number of sulfonamides is 1. The fraction of sp³-hybridized carbons (Fsp3) is 0.143. The smallest absolute Gasteiger partial charge is 0.355 e. The Balaban J connectivity index is 3.05. The van der Waals surface area contributed by atoms with E-state index in [1.54, 1.807) is 0 Å². The van der Waals surface area contributed by atoms with Crippen LogP contribution in [0.15, 0.2) is 18.2 Å². The molecule has 0 fully saturated rings. The molecule has 1 aromatic rings. The minimum Gasteiger partial charge on any atom is -0.506 e. The van der Waals surface area contributed by atoms with Crippen LogP contribution in [-0.4, -0.2) is 19.3 Å². The summed E-state index contributed by atoms with van der Waals surface area (Å²) in [5.74, 6) is -4.06. The topological polar surface area (TPSA) is 66.4 Å². The van der Waals surface area contributed by atoms with Crippen LogP contribution in [0.25, 0.3) is 0 Å². The summed E-state index contributed by atoms with van der Waals surface area (Å²) in [5, 5.41) is 9.26. The van der Waals surface area contributed by atoms with Crippen molar-refractivity contribution in [3.8, 4) is 5.75 Å². The van der Waals surface area contributed by atoms with Crippen molar-refractivity contribution in [1.82, 2.24) is 0 Å². The molecule has 4 nitrogen and oxygen atoms in total. The van der Waals surface area contributed by atoms with E-state index >= 15 is 0 Å². The molecule has 0 amide bonds. The van der Waals surface area contributed by atoms with E-state index in [0.29, 0.717) is 0 Å². The number of rotatable bonds is 3. The molecule has 84 valence electrons. The standard InChI is InChI=1S/C7H6ClF2NO3S/c8-4-1-2-6(12)5(3-4)11-15(13,14)7(9)10/h1-3,7,11-12H. The van der Waals surface area contributed by atoms with Crippen LogP contribution in [-0.2, 0) is 10.0 Å². The number of aromatic hydroxyl groups is 1. The Morgan fingerprint density at radius 3 is 2.53 bits per heavy atom. The highest BCUT2D eigenvalue weighted by Crippen LogP contribution is 2.28. The maximum Gasteiger partial charge on any atom is 0.355 e. The van der Waals surface area contributed by atoms with Crippen LogP contribution < -0.4 is 4.72 Å². The van der Waals surface area contributed by atoms with E-state index in [9.17, 15) is 17.2 Å². The average Bonchev–Trinajstić information content (AvgIpc) is 2.10. The van der Waals surface area contributed by atoms with Crippen molar-refractivity contribution in [2.75, 3.05) is 4.72 Å². The summed E-state index contributed by atoms with van der Waals surface area (Å²) >= 11 is 5.49. The minimum atomic E-state index is -4.79. The SMILES string of the molecule is O=S(=O)(Nc1cc(Cl)ccc1O)C(F)F. The Bertz CT molecular complexity index is 463. The number of phenols is 1. The van der Waals surface area contributed by atoms with E-state index in [-0.39, 0.29) is 10.7 Å². The third-order valence-electron chi connectivity index (χ3n) is 1.45. The summed E-state index contributed by atoms with van der Waals surface area (Å²) in [5.41, 5.74) is -0.386. The summed E-state index contributed by atoms with van der Waals surface area (Å²) in [6, 6.07) is 3.40. The number of anilines is 1. The van der Waals surface area contributed by atoms with Crippen LogP contribution in [0.4, 0.5) is 14.5 Å². The molecule has 0 aliphatic carbocycles.